The Morgan fingerprint density at radius 2 is 1.73 bits per heavy atom. The number of benzene rings is 1. The molecule has 0 N–H and O–H groups in total. The summed E-state index contributed by atoms with van der Waals surface area (Å²) in [7, 11) is 0. The fraction of sp³-hybridized carbons (Fsp3) is 0.318. The molecule has 0 radical (unpaired) electrons. The van der Waals surface area contributed by atoms with Crippen LogP contribution in [0.3, 0.4) is 0 Å². The van der Waals surface area contributed by atoms with Gasteiger partial charge in [0, 0.05) is 37.4 Å². The fourth-order valence-corrected chi connectivity index (χ4v) is 3.78. The third kappa shape index (κ3) is 3.80. The number of imide groups is 1. The van der Waals surface area contributed by atoms with Crippen molar-refractivity contribution in [2.75, 3.05) is 37.6 Å². The van der Waals surface area contributed by atoms with E-state index < -0.39 is 17.9 Å². The van der Waals surface area contributed by atoms with Crippen molar-refractivity contribution < 1.29 is 19.2 Å². The molecule has 1 saturated heterocycles. The number of ketones is 1. The summed E-state index contributed by atoms with van der Waals surface area (Å²) in [5.41, 5.74) is 2.07. The number of anilines is 1. The number of hydrogen-bond donors (Lipinski definition) is 0. The number of urea groups is 1. The fourth-order valence-electron chi connectivity index (χ4n) is 3.78. The summed E-state index contributed by atoms with van der Waals surface area (Å²) in [5.74, 6) is -1.26. The summed E-state index contributed by atoms with van der Waals surface area (Å²) in [6, 6.07) is 6.71. The highest BCUT2D eigenvalue weighted by atomic mass is 16.2. The first-order valence-corrected chi connectivity index (χ1v) is 9.86. The minimum atomic E-state index is -0.691. The highest BCUT2D eigenvalue weighted by molar-refractivity contribution is 6.22. The van der Waals surface area contributed by atoms with E-state index in [-0.39, 0.29) is 18.2 Å². The lowest BCUT2D eigenvalue weighted by Crippen LogP contribution is -2.54. The van der Waals surface area contributed by atoms with Crippen LogP contribution >= 0.6 is 0 Å². The Hall–Kier alpha value is -3.55. The lowest BCUT2D eigenvalue weighted by Gasteiger charge is -2.37. The van der Waals surface area contributed by atoms with E-state index in [0.29, 0.717) is 37.5 Å². The Morgan fingerprint density at radius 3 is 2.40 bits per heavy atom. The molecule has 4 amide bonds. The third-order valence-electron chi connectivity index (χ3n) is 5.55. The van der Waals surface area contributed by atoms with Gasteiger partial charge in [0.25, 0.3) is 0 Å². The number of rotatable bonds is 4. The maximum absolute atomic E-state index is 12.7. The molecule has 0 aromatic heterocycles. The molecule has 8 nitrogen and oxygen atoms in total. The molecule has 8 heteroatoms. The van der Waals surface area contributed by atoms with Gasteiger partial charge in [-0.2, -0.15) is 4.99 Å². The molecule has 154 valence electrons. The van der Waals surface area contributed by atoms with Gasteiger partial charge in [-0.3, -0.25) is 19.3 Å². The summed E-state index contributed by atoms with van der Waals surface area (Å²) < 4.78 is 0. The summed E-state index contributed by atoms with van der Waals surface area (Å²) in [6.45, 7) is 3.48. The van der Waals surface area contributed by atoms with Crippen molar-refractivity contribution >= 4 is 35.0 Å². The maximum Gasteiger partial charge on any atom is 0.351 e. The number of allylic oxidation sites excluding steroid dienone is 3. The number of piperazine rings is 1. The molecule has 4 rings (SSSR count). The Bertz CT molecular complexity index is 985. The molecule has 2 heterocycles. The lowest BCUT2D eigenvalue weighted by molar-refractivity contribution is -0.138. The van der Waals surface area contributed by atoms with Gasteiger partial charge in [-0.1, -0.05) is 18.2 Å². The zero-order chi connectivity index (χ0) is 21.3. The summed E-state index contributed by atoms with van der Waals surface area (Å²) in [5, 5.41) is 0. The van der Waals surface area contributed by atoms with E-state index in [9.17, 15) is 19.2 Å². The molecule has 3 aliphatic rings. The number of carbonyl (C=O) groups is 4. The van der Waals surface area contributed by atoms with Gasteiger partial charge in [0.05, 0.1) is 11.6 Å². The average molecular weight is 406 g/mol. The number of fused-ring (bicyclic) bond motifs is 1. The van der Waals surface area contributed by atoms with Crippen molar-refractivity contribution in [3.63, 3.8) is 0 Å². The van der Waals surface area contributed by atoms with E-state index in [1.165, 1.54) is 6.92 Å². The number of amides is 4. The van der Waals surface area contributed by atoms with Crippen LogP contribution in [-0.2, 0) is 9.59 Å². The normalized spacial score (nSPS) is 20.9. The van der Waals surface area contributed by atoms with Crippen molar-refractivity contribution in [2.45, 2.75) is 6.92 Å². The van der Waals surface area contributed by atoms with Crippen LogP contribution in [0.1, 0.15) is 17.3 Å². The topological polar surface area (TPSA) is 90.4 Å². The molecule has 0 spiro atoms. The second kappa shape index (κ2) is 8.06. The molecule has 30 heavy (non-hydrogen) atoms. The smallest absolute Gasteiger partial charge is 0.351 e. The first-order valence-electron chi connectivity index (χ1n) is 9.86. The third-order valence-corrected chi connectivity index (χ3v) is 5.55. The highest BCUT2D eigenvalue weighted by Gasteiger charge is 2.37. The molecule has 1 aromatic carbocycles. The number of hydrogen-bond acceptors (Lipinski definition) is 5. The predicted molar refractivity (Wildman–Crippen MR) is 112 cm³/mol. The summed E-state index contributed by atoms with van der Waals surface area (Å²) in [4.78, 5) is 57.7. The largest absolute Gasteiger partial charge is 0.368 e. The Labute approximate surface area is 174 Å². The monoisotopic (exact) mass is 406 g/mol. The van der Waals surface area contributed by atoms with E-state index in [2.05, 4.69) is 9.89 Å². The van der Waals surface area contributed by atoms with E-state index in [1.54, 1.807) is 41.3 Å². The zero-order valence-electron chi connectivity index (χ0n) is 16.7. The van der Waals surface area contributed by atoms with Gasteiger partial charge in [-0.05, 0) is 37.3 Å². The van der Waals surface area contributed by atoms with E-state index in [1.807, 2.05) is 12.1 Å². The van der Waals surface area contributed by atoms with Crippen LogP contribution in [0, 0.1) is 5.92 Å². The molecule has 0 saturated carbocycles. The number of Topliss-reactive ketones (excluding diaryl/α,β-unsaturated/α-hetero) is 1. The second-order valence-corrected chi connectivity index (χ2v) is 7.44. The molecule has 1 fully saturated rings. The number of carbonyl (C=O) groups excluding carboxylic acids is 4. The minimum Gasteiger partial charge on any atom is -0.368 e. The Kier molecular flexibility index (Phi) is 5.31. The Morgan fingerprint density at radius 1 is 1.03 bits per heavy atom. The zero-order valence-corrected chi connectivity index (χ0v) is 16.7. The van der Waals surface area contributed by atoms with Crippen LogP contribution in [0.5, 0.6) is 0 Å². The molecule has 2 aliphatic heterocycles. The van der Waals surface area contributed by atoms with Crippen molar-refractivity contribution in [3.05, 3.63) is 54.1 Å². The average Bonchev–Trinajstić information content (AvgIpc) is 2.76. The molecular formula is C22H22N4O4. The summed E-state index contributed by atoms with van der Waals surface area (Å²) >= 11 is 0. The van der Waals surface area contributed by atoms with Gasteiger partial charge in [0.1, 0.15) is 6.54 Å². The summed E-state index contributed by atoms with van der Waals surface area (Å²) in [6.07, 6.45) is 6.78. The van der Waals surface area contributed by atoms with E-state index >= 15 is 0 Å². The van der Waals surface area contributed by atoms with Gasteiger partial charge in [-0.25, -0.2) is 4.79 Å². The van der Waals surface area contributed by atoms with Crippen LogP contribution in [0.4, 0.5) is 10.5 Å². The van der Waals surface area contributed by atoms with Gasteiger partial charge in [-0.15, -0.1) is 0 Å². The van der Waals surface area contributed by atoms with Crippen LogP contribution in [0.15, 0.2) is 53.6 Å². The van der Waals surface area contributed by atoms with Gasteiger partial charge < -0.3 is 9.80 Å². The Balaban J connectivity index is 1.35. The van der Waals surface area contributed by atoms with Gasteiger partial charge in [0.15, 0.2) is 5.78 Å². The minimum absolute atomic E-state index is 0.0231. The van der Waals surface area contributed by atoms with Crippen LogP contribution in [-0.4, -0.2) is 71.9 Å². The van der Waals surface area contributed by atoms with Crippen LogP contribution in [0.25, 0.3) is 0 Å². The van der Waals surface area contributed by atoms with Gasteiger partial charge >= 0.3 is 6.03 Å². The lowest BCUT2D eigenvalue weighted by atomic mass is 9.95. The van der Waals surface area contributed by atoms with E-state index in [4.69, 9.17) is 0 Å². The second-order valence-electron chi connectivity index (χ2n) is 7.44. The van der Waals surface area contributed by atoms with Crippen LogP contribution < -0.4 is 4.90 Å². The standard InChI is InChI=1S/C22H22N4O4/c1-15(27)16-6-8-17(9-7-16)24-10-12-25(13-11-24)20(28)14-26-21(29)18-4-2-3-5-19(18)23-22(26)30/h2-9,18H,10-14H2,1H3. The maximum atomic E-state index is 12.7. The van der Waals surface area contributed by atoms with Crippen molar-refractivity contribution in [1.29, 1.82) is 0 Å². The van der Waals surface area contributed by atoms with Gasteiger partial charge in [0.2, 0.25) is 11.8 Å². The SMILES string of the molecule is CC(=O)c1ccc(N2CCN(C(=O)CN3C(=O)N=C4C=CC=CC4C3=O)CC2)cc1. The van der Waals surface area contributed by atoms with Crippen LogP contribution in [0.2, 0.25) is 0 Å². The first-order chi connectivity index (χ1) is 14.4. The predicted octanol–water partition coefficient (Wildman–Crippen LogP) is 1.68. The first kappa shape index (κ1) is 19.8. The van der Waals surface area contributed by atoms with Crippen molar-refractivity contribution in [2.24, 2.45) is 10.9 Å². The van der Waals surface area contributed by atoms with E-state index in [0.717, 1.165) is 10.6 Å². The van der Waals surface area contributed by atoms with Crippen molar-refractivity contribution in [3.8, 4) is 0 Å². The molecule has 1 aromatic rings. The molecule has 0 bridgehead atoms. The number of aliphatic imine (C=N–C) groups is 1. The highest BCUT2D eigenvalue weighted by Crippen LogP contribution is 2.21. The molecular weight excluding hydrogens is 384 g/mol. The molecule has 1 aliphatic carbocycles. The molecule has 1 atom stereocenters. The molecule has 1 unspecified atom stereocenters. The van der Waals surface area contributed by atoms with Crippen molar-refractivity contribution in [1.82, 2.24) is 9.80 Å². The quantitative estimate of drug-likeness (QED) is 0.710. The number of nitrogens with zero attached hydrogens (tertiary/aromatic N) is 4.